The maximum atomic E-state index is 12.4. The number of carbonyl (C=O) groups is 2. The number of hydrogen-bond donors (Lipinski definition) is 0. The number of ether oxygens (including phenoxy) is 2. The maximum absolute atomic E-state index is 12.4. The molecule has 4 nitrogen and oxygen atoms in total. The molecule has 0 aromatic heterocycles. The zero-order valence-electron chi connectivity index (χ0n) is 18.5. The second-order valence-corrected chi connectivity index (χ2v) is 8.18. The van der Waals surface area contributed by atoms with E-state index < -0.39 is 11.9 Å². The quantitative estimate of drug-likeness (QED) is 0.257. The van der Waals surface area contributed by atoms with E-state index in [2.05, 4.69) is 13.8 Å². The van der Waals surface area contributed by atoms with Crippen LogP contribution in [0.2, 0.25) is 0 Å². The van der Waals surface area contributed by atoms with Crippen molar-refractivity contribution in [3.8, 4) is 11.5 Å². The van der Waals surface area contributed by atoms with Gasteiger partial charge in [0.1, 0.15) is 11.5 Å². The minimum Gasteiger partial charge on any atom is -0.423 e. The van der Waals surface area contributed by atoms with Gasteiger partial charge in [-0.25, -0.2) is 9.59 Å². The Balaban J connectivity index is 1.46. The zero-order valence-corrected chi connectivity index (χ0v) is 18.5. The van der Waals surface area contributed by atoms with Gasteiger partial charge in [-0.1, -0.05) is 74.5 Å². The number of carbonyl (C=O) groups excluding carboxylic acids is 2. The first-order valence-corrected chi connectivity index (χ1v) is 10.7. The van der Waals surface area contributed by atoms with E-state index >= 15 is 0 Å². The predicted octanol–water partition coefficient (Wildman–Crippen LogP) is 6.45. The van der Waals surface area contributed by atoms with Crippen LogP contribution in [-0.2, 0) is 5.41 Å². The van der Waals surface area contributed by atoms with Crippen molar-refractivity contribution in [1.29, 1.82) is 0 Å². The van der Waals surface area contributed by atoms with Crippen LogP contribution in [-0.4, -0.2) is 11.9 Å². The van der Waals surface area contributed by atoms with E-state index in [1.54, 1.807) is 48.5 Å². The van der Waals surface area contributed by atoms with Gasteiger partial charge in [0, 0.05) is 5.41 Å². The van der Waals surface area contributed by atoms with Crippen molar-refractivity contribution in [3.05, 3.63) is 131 Å². The zero-order chi connectivity index (χ0) is 23.3. The molecule has 0 heterocycles. The van der Waals surface area contributed by atoms with Crippen molar-refractivity contribution in [1.82, 2.24) is 0 Å². The Kier molecular flexibility index (Phi) is 6.36. The van der Waals surface area contributed by atoms with Crippen LogP contribution in [0.25, 0.3) is 0 Å². The Labute approximate surface area is 193 Å². The van der Waals surface area contributed by atoms with Crippen molar-refractivity contribution in [2.75, 3.05) is 0 Å². The molecule has 0 aliphatic carbocycles. The Morgan fingerprint density at radius 3 is 1.18 bits per heavy atom. The summed E-state index contributed by atoms with van der Waals surface area (Å²) in [5.74, 6) is 0.231. The van der Waals surface area contributed by atoms with Crippen LogP contribution in [0.15, 0.2) is 109 Å². The fourth-order valence-electron chi connectivity index (χ4n) is 3.52. The molecule has 0 spiro atoms. The van der Waals surface area contributed by atoms with Crippen molar-refractivity contribution < 1.29 is 19.1 Å². The third-order valence-electron chi connectivity index (χ3n) is 5.59. The lowest BCUT2D eigenvalue weighted by Gasteiger charge is -2.26. The number of para-hydroxylation sites is 2. The van der Waals surface area contributed by atoms with Crippen LogP contribution in [0.5, 0.6) is 11.5 Å². The first kappa shape index (κ1) is 22.0. The molecule has 0 bridgehead atoms. The maximum Gasteiger partial charge on any atom is 0.343 e. The number of benzene rings is 4. The summed E-state index contributed by atoms with van der Waals surface area (Å²) >= 11 is 0. The molecule has 164 valence electrons. The van der Waals surface area contributed by atoms with Crippen molar-refractivity contribution in [2.45, 2.75) is 19.3 Å². The standard InChI is InChI=1S/C29H24O4/c1-29(2,23-17-13-21(14-18-23)27(30)32-25-9-5-3-6-10-25)24-19-15-22(16-20-24)28(31)33-26-11-7-4-8-12-26/h3-20H,1-2H3. The van der Waals surface area contributed by atoms with Gasteiger partial charge in [-0.2, -0.15) is 0 Å². The molecule has 0 saturated heterocycles. The molecule has 0 aliphatic rings. The second-order valence-electron chi connectivity index (χ2n) is 8.18. The minimum absolute atomic E-state index is 0.330. The summed E-state index contributed by atoms with van der Waals surface area (Å²) in [6, 6.07) is 32.8. The van der Waals surface area contributed by atoms with Gasteiger partial charge in [0.2, 0.25) is 0 Å². The molecule has 0 fully saturated rings. The highest BCUT2D eigenvalue weighted by Gasteiger charge is 2.24. The first-order valence-electron chi connectivity index (χ1n) is 10.7. The highest BCUT2D eigenvalue weighted by Crippen LogP contribution is 2.32. The molecule has 0 unspecified atom stereocenters. The summed E-state index contributed by atoms with van der Waals surface area (Å²) in [5, 5.41) is 0. The monoisotopic (exact) mass is 436 g/mol. The molecule has 0 aliphatic heterocycles. The van der Waals surface area contributed by atoms with Crippen LogP contribution >= 0.6 is 0 Å². The van der Waals surface area contributed by atoms with Crippen LogP contribution < -0.4 is 9.47 Å². The fourth-order valence-corrected chi connectivity index (χ4v) is 3.52. The van der Waals surface area contributed by atoms with Gasteiger partial charge < -0.3 is 9.47 Å². The van der Waals surface area contributed by atoms with Crippen LogP contribution in [0, 0.1) is 0 Å². The van der Waals surface area contributed by atoms with Gasteiger partial charge in [-0.15, -0.1) is 0 Å². The van der Waals surface area contributed by atoms with Gasteiger partial charge in [0.25, 0.3) is 0 Å². The summed E-state index contributed by atoms with van der Waals surface area (Å²) < 4.78 is 10.8. The molecule has 4 rings (SSSR count). The Morgan fingerprint density at radius 1 is 0.515 bits per heavy atom. The molecule has 0 radical (unpaired) electrons. The number of esters is 2. The van der Waals surface area contributed by atoms with E-state index in [1.807, 2.05) is 60.7 Å². The molecule has 4 aromatic rings. The Bertz CT molecular complexity index is 1130. The second kappa shape index (κ2) is 9.53. The summed E-state index contributed by atoms with van der Waals surface area (Å²) in [6.07, 6.45) is 0. The van der Waals surface area contributed by atoms with Gasteiger partial charge >= 0.3 is 11.9 Å². The van der Waals surface area contributed by atoms with Gasteiger partial charge in [-0.05, 0) is 59.7 Å². The molecular weight excluding hydrogens is 412 g/mol. The molecule has 0 amide bonds. The van der Waals surface area contributed by atoms with E-state index in [0.717, 1.165) is 11.1 Å². The largest absolute Gasteiger partial charge is 0.423 e. The summed E-state index contributed by atoms with van der Waals surface area (Å²) in [6.45, 7) is 4.20. The summed E-state index contributed by atoms with van der Waals surface area (Å²) in [5.41, 5.74) is 2.72. The smallest absolute Gasteiger partial charge is 0.343 e. The lowest BCUT2D eigenvalue weighted by atomic mass is 9.78. The predicted molar refractivity (Wildman–Crippen MR) is 128 cm³/mol. The van der Waals surface area contributed by atoms with Crippen LogP contribution in [0.4, 0.5) is 0 Å². The van der Waals surface area contributed by atoms with Crippen molar-refractivity contribution in [3.63, 3.8) is 0 Å². The van der Waals surface area contributed by atoms with Crippen molar-refractivity contribution in [2.24, 2.45) is 0 Å². The molecule has 4 heteroatoms. The highest BCUT2D eigenvalue weighted by molar-refractivity contribution is 5.91. The van der Waals surface area contributed by atoms with Crippen molar-refractivity contribution >= 4 is 11.9 Å². The summed E-state index contributed by atoms with van der Waals surface area (Å²) in [4.78, 5) is 24.8. The Hall–Kier alpha value is -4.18. The van der Waals surface area contributed by atoms with E-state index in [9.17, 15) is 9.59 Å². The first-order chi connectivity index (χ1) is 15.9. The number of hydrogen-bond acceptors (Lipinski definition) is 4. The minimum atomic E-state index is -0.396. The normalized spacial score (nSPS) is 11.0. The summed E-state index contributed by atoms with van der Waals surface area (Å²) in [7, 11) is 0. The average molecular weight is 437 g/mol. The Morgan fingerprint density at radius 2 is 0.848 bits per heavy atom. The third-order valence-corrected chi connectivity index (χ3v) is 5.59. The lowest BCUT2D eigenvalue weighted by molar-refractivity contribution is 0.0725. The third kappa shape index (κ3) is 5.18. The van der Waals surface area contributed by atoms with Crippen LogP contribution in [0.1, 0.15) is 45.7 Å². The van der Waals surface area contributed by atoms with E-state index in [-0.39, 0.29) is 5.41 Å². The lowest BCUT2D eigenvalue weighted by Crippen LogP contribution is -2.19. The molecular formula is C29H24O4. The van der Waals surface area contributed by atoms with E-state index in [4.69, 9.17) is 9.47 Å². The average Bonchev–Trinajstić information content (AvgIpc) is 2.85. The van der Waals surface area contributed by atoms with Gasteiger partial charge in [0.05, 0.1) is 11.1 Å². The SMILES string of the molecule is CC(C)(c1ccc(C(=O)Oc2ccccc2)cc1)c1ccc(C(=O)Oc2ccccc2)cc1. The molecule has 0 N–H and O–H groups in total. The van der Waals surface area contributed by atoms with Gasteiger partial charge in [0.15, 0.2) is 0 Å². The van der Waals surface area contributed by atoms with E-state index in [1.165, 1.54) is 0 Å². The van der Waals surface area contributed by atoms with E-state index in [0.29, 0.717) is 22.6 Å². The van der Waals surface area contributed by atoms with Gasteiger partial charge in [-0.3, -0.25) is 0 Å². The molecule has 0 atom stereocenters. The van der Waals surface area contributed by atoms with Crippen LogP contribution in [0.3, 0.4) is 0 Å². The molecule has 33 heavy (non-hydrogen) atoms. The number of rotatable bonds is 6. The fraction of sp³-hybridized carbons (Fsp3) is 0.103. The topological polar surface area (TPSA) is 52.6 Å². The molecule has 4 aromatic carbocycles. The highest BCUT2D eigenvalue weighted by atomic mass is 16.5. The molecule has 0 saturated carbocycles.